The van der Waals surface area contributed by atoms with Gasteiger partial charge in [-0.05, 0) is 87.8 Å². The van der Waals surface area contributed by atoms with Gasteiger partial charge in [0.05, 0.1) is 26.7 Å². The van der Waals surface area contributed by atoms with E-state index in [1.807, 2.05) is 41.3 Å². The number of carboxylic acids is 1. The van der Waals surface area contributed by atoms with Gasteiger partial charge in [0.15, 0.2) is 11.5 Å². The number of piperidine rings is 2. The number of amides is 2. The summed E-state index contributed by atoms with van der Waals surface area (Å²) < 4.78 is 16.5. The molecule has 3 aliphatic heterocycles. The van der Waals surface area contributed by atoms with Gasteiger partial charge in [-0.3, -0.25) is 19.8 Å². The van der Waals surface area contributed by atoms with Gasteiger partial charge in [-0.25, -0.2) is 5.01 Å². The second kappa shape index (κ2) is 15.7. The van der Waals surface area contributed by atoms with Crippen molar-refractivity contribution in [1.29, 1.82) is 0 Å². The summed E-state index contributed by atoms with van der Waals surface area (Å²) in [6, 6.07) is 23.1. The van der Waals surface area contributed by atoms with Crippen LogP contribution in [-0.2, 0) is 20.4 Å². The summed E-state index contributed by atoms with van der Waals surface area (Å²) in [7, 11) is 4.63. The molecule has 3 aliphatic rings. The average Bonchev–Trinajstić information content (AvgIpc) is 3.62. The Morgan fingerprint density at radius 1 is 0.804 bits per heavy atom. The lowest BCUT2D eigenvalue weighted by atomic mass is 9.71. The summed E-state index contributed by atoms with van der Waals surface area (Å²) in [6.45, 7) is 4.00. The average molecular weight is 699 g/mol. The minimum atomic E-state index is -0.901. The number of nitrogens with zero attached hydrogens (tertiary/aromatic N) is 3. The second-order valence-corrected chi connectivity index (χ2v) is 14.1. The fraction of sp³-hybridized carbons (Fsp3) is 0.475. The van der Waals surface area contributed by atoms with Gasteiger partial charge in [0, 0.05) is 30.6 Å². The molecule has 272 valence electrons. The molecule has 0 aliphatic carbocycles. The molecule has 51 heavy (non-hydrogen) atoms. The van der Waals surface area contributed by atoms with E-state index >= 15 is 0 Å². The Morgan fingerprint density at radius 2 is 1.43 bits per heavy atom. The minimum absolute atomic E-state index is 0.0810. The molecule has 0 bridgehead atoms. The Morgan fingerprint density at radius 3 is 2.02 bits per heavy atom. The monoisotopic (exact) mass is 698 g/mol. The van der Waals surface area contributed by atoms with Crippen LogP contribution in [0.3, 0.4) is 0 Å². The molecule has 2 atom stereocenters. The molecule has 3 fully saturated rings. The Kier molecular flexibility index (Phi) is 11.2. The molecule has 2 amide bonds. The zero-order valence-corrected chi connectivity index (χ0v) is 29.9. The Bertz CT molecular complexity index is 1650. The maximum atomic E-state index is 14.2. The lowest BCUT2D eigenvalue weighted by molar-refractivity contribution is -0.149. The van der Waals surface area contributed by atoms with Crippen LogP contribution >= 0.6 is 0 Å². The highest BCUT2D eigenvalue weighted by Gasteiger charge is 2.46. The number of carbonyl (C=O) groups excluding carboxylic acids is 2. The van der Waals surface area contributed by atoms with E-state index in [9.17, 15) is 19.5 Å². The van der Waals surface area contributed by atoms with Crippen LogP contribution < -0.4 is 19.6 Å². The number of likely N-dealkylation sites (tertiary alicyclic amines) is 2. The molecule has 3 heterocycles. The van der Waals surface area contributed by atoms with E-state index in [0.717, 1.165) is 50.9 Å². The first-order chi connectivity index (χ1) is 24.7. The highest BCUT2D eigenvalue weighted by Crippen LogP contribution is 2.42. The molecule has 3 aromatic carbocycles. The van der Waals surface area contributed by atoms with Gasteiger partial charge < -0.3 is 29.1 Å². The van der Waals surface area contributed by atoms with E-state index in [1.54, 1.807) is 38.5 Å². The van der Waals surface area contributed by atoms with E-state index in [2.05, 4.69) is 34.6 Å². The quantitative estimate of drug-likeness (QED) is 0.273. The molecule has 11 nitrogen and oxygen atoms in total. The van der Waals surface area contributed by atoms with Crippen molar-refractivity contribution in [2.45, 2.75) is 61.8 Å². The minimum Gasteiger partial charge on any atom is -0.493 e. The third kappa shape index (κ3) is 7.41. The summed E-state index contributed by atoms with van der Waals surface area (Å²) in [5.41, 5.74) is 4.74. The van der Waals surface area contributed by atoms with Crippen molar-refractivity contribution in [3.05, 3.63) is 89.5 Å². The van der Waals surface area contributed by atoms with Gasteiger partial charge in [-0.2, -0.15) is 0 Å². The topological polar surface area (TPSA) is 121 Å². The van der Waals surface area contributed by atoms with Crippen molar-refractivity contribution < 1.29 is 33.7 Å². The predicted octanol–water partition coefficient (Wildman–Crippen LogP) is 4.89. The van der Waals surface area contributed by atoms with Crippen molar-refractivity contribution >= 4 is 17.8 Å². The van der Waals surface area contributed by atoms with E-state index < -0.39 is 17.4 Å². The maximum absolute atomic E-state index is 14.2. The van der Waals surface area contributed by atoms with Crippen LogP contribution in [0.25, 0.3) is 0 Å². The van der Waals surface area contributed by atoms with E-state index in [0.29, 0.717) is 61.7 Å². The van der Waals surface area contributed by atoms with Gasteiger partial charge in [0.25, 0.3) is 5.91 Å². The van der Waals surface area contributed by atoms with Crippen LogP contribution in [0.2, 0.25) is 0 Å². The van der Waals surface area contributed by atoms with Crippen LogP contribution in [0.1, 0.15) is 66.4 Å². The van der Waals surface area contributed by atoms with E-state index in [1.165, 1.54) is 5.56 Å². The number of methoxy groups -OCH3 is 3. The number of rotatable bonds is 12. The molecule has 2 unspecified atom stereocenters. The molecular formula is C40H50N4O7. The normalized spacial score (nSPS) is 22.3. The smallest absolute Gasteiger partial charge is 0.322 e. The fourth-order valence-electron chi connectivity index (χ4n) is 8.30. The zero-order valence-electron chi connectivity index (χ0n) is 29.9. The van der Waals surface area contributed by atoms with Crippen molar-refractivity contribution in [3.63, 3.8) is 0 Å². The SMILES string of the molecule is COc1cc(C(=O)N2CCC(CCN3CCC(C(=O)NN4CCCCC4C(=O)O)(c4ccccc4)CC3)(c3ccccc3)C2)cc(OC)c1OC. The van der Waals surface area contributed by atoms with Crippen LogP contribution in [0.15, 0.2) is 72.8 Å². The summed E-state index contributed by atoms with van der Waals surface area (Å²) in [6.07, 6.45) is 5.15. The van der Waals surface area contributed by atoms with Gasteiger partial charge >= 0.3 is 5.97 Å². The fourth-order valence-corrected chi connectivity index (χ4v) is 8.30. The van der Waals surface area contributed by atoms with E-state index in [4.69, 9.17) is 14.2 Å². The molecule has 0 saturated carbocycles. The van der Waals surface area contributed by atoms with Crippen molar-refractivity contribution in [1.82, 2.24) is 20.2 Å². The van der Waals surface area contributed by atoms with E-state index in [-0.39, 0.29) is 17.2 Å². The lowest BCUT2D eigenvalue weighted by Crippen LogP contribution is -2.60. The lowest BCUT2D eigenvalue weighted by Gasteiger charge is -2.44. The Balaban J connectivity index is 1.17. The molecule has 6 rings (SSSR count). The van der Waals surface area contributed by atoms with Crippen LogP contribution in [-0.4, -0.2) is 104 Å². The molecule has 3 aromatic rings. The first-order valence-corrected chi connectivity index (χ1v) is 18.0. The summed E-state index contributed by atoms with van der Waals surface area (Å²) in [5, 5.41) is 11.5. The van der Waals surface area contributed by atoms with Crippen molar-refractivity contribution in [3.8, 4) is 17.2 Å². The van der Waals surface area contributed by atoms with Gasteiger partial charge in [-0.1, -0.05) is 60.7 Å². The van der Waals surface area contributed by atoms with Gasteiger partial charge in [0.2, 0.25) is 11.7 Å². The van der Waals surface area contributed by atoms with Crippen LogP contribution in [0.5, 0.6) is 17.2 Å². The number of benzene rings is 3. The van der Waals surface area contributed by atoms with Crippen LogP contribution in [0.4, 0.5) is 0 Å². The summed E-state index contributed by atoms with van der Waals surface area (Å²) >= 11 is 0. The molecule has 0 spiro atoms. The third-order valence-electron chi connectivity index (χ3n) is 11.3. The number of hydrogen-bond donors (Lipinski definition) is 2. The number of carboxylic acid groups (broad SMARTS) is 1. The zero-order chi connectivity index (χ0) is 36.0. The predicted molar refractivity (Wildman–Crippen MR) is 193 cm³/mol. The Hall–Kier alpha value is -4.61. The third-order valence-corrected chi connectivity index (χ3v) is 11.3. The highest BCUT2D eigenvalue weighted by atomic mass is 16.5. The Labute approximate surface area is 300 Å². The first kappa shape index (κ1) is 36.2. The van der Waals surface area contributed by atoms with Gasteiger partial charge in [0.1, 0.15) is 6.04 Å². The molecule has 2 N–H and O–H groups in total. The summed E-state index contributed by atoms with van der Waals surface area (Å²) in [4.78, 5) is 44.5. The van der Waals surface area contributed by atoms with Gasteiger partial charge in [-0.15, -0.1) is 0 Å². The maximum Gasteiger partial charge on any atom is 0.322 e. The number of nitrogens with one attached hydrogen (secondary N) is 1. The number of hydrazine groups is 1. The first-order valence-electron chi connectivity index (χ1n) is 18.0. The van der Waals surface area contributed by atoms with Crippen molar-refractivity contribution in [2.75, 3.05) is 60.6 Å². The number of carbonyl (C=O) groups is 3. The second-order valence-electron chi connectivity index (χ2n) is 14.1. The van der Waals surface area contributed by atoms with Crippen LogP contribution in [0, 0.1) is 0 Å². The molecule has 0 aromatic heterocycles. The number of hydrogen-bond acceptors (Lipinski definition) is 8. The largest absolute Gasteiger partial charge is 0.493 e. The molecule has 3 saturated heterocycles. The number of ether oxygens (including phenoxy) is 3. The number of aliphatic carboxylic acids is 1. The highest BCUT2D eigenvalue weighted by molar-refractivity contribution is 5.96. The molecular weight excluding hydrogens is 648 g/mol. The standard InChI is InChI=1S/C40H50N4O7/c1-49-33-26-29(27-34(50-2)35(33)51-3)36(45)43-25-18-39(28-43,30-12-6-4-7-13-30)17-22-42-23-19-40(20-24-42,31-14-8-5-9-15-31)38(48)41-44-21-11-10-16-32(44)37(46)47/h4-9,12-15,26-27,32H,10-11,16-25,28H2,1-3H3,(H,41,48)(H,46,47). The molecule has 11 heteroatoms. The van der Waals surface area contributed by atoms with Crippen molar-refractivity contribution in [2.24, 2.45) is 0 Å². The summed E-state index contributed by atoms with van der Waals surface area (Å²) in [5.74, 6) is 0.222. The molecule has 0 radical (unpaired) electrons.